The number of halogens is 1. The Balaban J connectivity index is 1.37. The zero-order chi connectivity index (χ0) is 20.9. The Hall–Kier alpha value is -3.19. The third kappa shape index (κ3) is 2.73. The first kappa shape index (κ1) is 18.8. The molecule has 0 aliphatic carbocycles. The summed E-state index contributed by atoms with van der Waals surface area (Å²) < 4.78 is 19.3. The number of ether oxygens (including phenoxy) is 1. The number of anilines is 1. The van der Waals surface area contributed by atoms with Crippen molar-refractivity contribution in [3.05, 3.63) is 66.1 Å². The number of para-hydroxylation sites is 1. The van der Waals surface area contributed by atoms with Gasteiger partial charge in [-0.2, -0.15) is 0 Å². The maximum Gasteiger partial charge on any atom is 0.270 e. The summed E-state index contributed by atoms with van der Waals surface area (Å²) in [5.74, 6) is -0.612. The van der Waals surface area contributed by atoms with Gasteiger partial charge in [0, 0.05) is 36.8 Å². The molecule has 2 amide bonds. The summed E-state index contributed by atoms with van der Waals surface area (Å²) >= 11 is 0. The number of amides is 2. The fraction of sp³-hybridized carbons (Fsp3) is 0.304. The molecular weight excluding hydrogens is 385 g/mol. The molecule has 3 heterocycles. The lowest BCUT2D eigenvalue weighted by Gasteiger charge is -2.59. The molecule has 1 spiro atoms. The minimum absolute atomic E-state index is 0.0574. The van der Waals surface area contributed by atoms with E-state index in [9.17, 15) is 14.0 Å². The lowest BCUT2D eigenvalue weighted by Crippen LogP contribution is -2.78. The standard InChI is InChI=1S/C23H22FN3O3/c1-30-20-22(29)27(17-7-4-6-16(24)14-17)23(20)9-11-26(12-10-23)21(28)19-13-15-5-2-3-8-18(15)25-19/h2-8,13-14,20,25H,9-12H2,1H3. The van der Waals surface area contributed by atoms with E-state index in [2.05, 4.69) is 4.98 Å². The number of piperidine rings is 1. The first-order valence-electron chi connectivity index (χ1n) is 10.0. The van der Waals surface area contributed by atoms with Crippen molar-refractivity contribution in [1.29, 1.82) is 0 Å². The van der Waals surface area contributed by atoms with Gasteiger partial charge in [-0.3, -0.25) is 9.59 Å². The monoisotopic (exact) mass is 407 g/mol. The van der Waals surface area contributed by atoms with Gasteiger partial charge < -0.3 is 19.5 Å². The average Bonchev–Trinajstić information content (AvgIpc) is 3.18. The van der Waals surface area contributed by atoms with Gasteiger partial charge >= 0.3 is 0 Å². The highest BCUT2D eigenvalue weighted by Crippen LogP contribution is 2.45. The highest BCUT2D eigenvalue weighted by Gasteiger charge is 2.62. The largest absolute Gasteiger partial charge is 0.369 e. The Morgan fingerprint density at radius 1 is 1.13 bits per heavy atom. The van der Waals surface area contributed by atoms with Gasteiger partial charge in [0.15, 0.2) is 6.10 Å². The number of aromatic nitrogens is 1. The van der Waals surface area contributed by atoms with Crippen LogP contribution in [-0.4, -0.2) is 53.5 Å². The number of fused-ring (bicyclic) bond motifs is 1. The number of β-lactam (4-membered cyclic amide) rings is 1. The number of benzene rings is 2. The second-order valence-electron chi connectivity index (χ2n) is 7.94. The molecular formula is C23H22FN3O3. The maximum absolute atomic E-state index is 13.8. The number of hydrogen-bond donors (Lipinski definition) is 1. The number of hydrogen-bond acceptors (Lipinski definition) is 3. The van der Waals surface area contributed by atoms with Gasteiger partial charge in [0.1, 0.15) is 11.5 Å². The molecule has 0 saturated carbocycles. The van der Waals surface area contributed by atoms with E-state index in [-0.39, 0.29) is 17.6 Å². The SMILES string of the molecule is COC1C(=O)N(c2cccc(F)c2)C12CCN(C(=O)c1cc3ccccc3[nH]1)CC2. The third-order valence-electron chi connectivity index (χ3n) is 6.36. The molecule has 2 fully saturated rings. The van der Waals surface area contributed by atoms with E-state index in [1.165, 1.54) is 19.2 Å². The van der Waals surface area contributed by atoms with Crippen molar-refractivity contribution in [3.63, 3.8) is 0 Å². The fourth-order valence-corrected chi connectivity index (χ4v) is 4.88. The van der Waals surface area contributed by atoms with Crippen molar-refractivity contribution >= 4 is 28.4 Å². The number of carbonyl (C=O) groups excluding carboxylic acids is 2. The van der Waals surface area contributed by atoms with Crippen LogP contribution in [0.15, 0.2) is 54.6 Å². The molecule has 2 aliphatic heterocycles. The first-order chi connectivity index (χ1) is 14.5. The summed E-state index contributed by atoms with van der Waals surface area (Å²) in [6, 6.07) is 15.7. The van der Waals surface area contributed by atoms with Crippen molar-refractivity contribution in [2.45, 2.75) is 24.5 Å². The summed E-state index contributed by atoms with van der Waals surface area (Å²) in [6.07, 6.45) is 0.561. The summed E-state index contributed by atoms with van der Waals surface area (Å²) in [5.41, 5.74) is 1.46. The zero-order valence-electron chi connectivity index (χ0n) is 16.6. The smallest absolute Gasteiger partial charge is 0.270 e. The Kier molecular flexibility index (Phi) is 4.36. The summed E-state index contributed by atoms with van der Waals surface area (Å²) in [6.45, 7) is 0.986. The molecule has 3 aromatic rings. The predicted octanol–water partition coefficient (Wildman–Crippen LogP) is 3.34. The van der Waals surface area contributed by atoms with E-state index in [0.717, 1.165) is 10.9 Å². The van der Waals surface area contributed by atoms with E-state index in [4.69, 9.17) is 4.74 Å². The molecule has 1 aromatic heterocycles. The minimum atomic E-state index is -0.578. The number of methoxy groups -OCH3 is 1. The minimum Gasteiger partial charge on any atom is -0.369 e. The van der Waals surface area contributed by atoms with Gasteiger partial charge in [-0.25, -0.2) is 4.39 Å². The van der Waals surface area contributed by atoms with Gasteiger partial charge in [0.05, 0.1) is 5.54 Å². The van der Waals surface area contributed by atoms with Crippen LogP contribution in [0.25, 0.3) is 10.9 Å². The van der Waals surface area contributed by atoms with Gasteiger partial charge in [-0.1, -0.05) is 24.3 Å². The molecule has 5 rings (SSSR count). The quantitative estimate of drug-likeness (QED) is 0.678. The summed E-state index contributed by atoms with van der Waals surface area (Å²) in [7, 11) is 1.52. The van der Waals surface area contributed by atoms with Crippen LogP contribution in [0.3, 0.4) is 0 Å². The van der Waals surface area contributed by atoms with E-state index < -0.39 is 11.6 Å². The van der Waals surface area contributed by atoms with E-state index in [1.54, 1.807) is 21.9 Å². The van der Waals surface area contributed by atoms with Crippen LogP contribution in [0, 0.1) is 5.82 Å². The van der Waals surface area contributed by atoms with Crippen LogP contribution in [0.5, 0.6) is 0 Å². The number of rotatable bonds is 3. The molecule has 7 heteroatoms. The molecule has 2 aliphatic rings. The molecule has 1 N–H and O–H groups in total. The number of aromatic amines is 1. The number of H-pyrrole nitrogens is 1. The van der Waals surface area contributed by atoms with Crippen molar-refractivity contribution in [2.75, 3.05) is 25.1 Å². The average molecular weight is 407 g/mol. The van der Waals surface area contributed by atoms with E-state index >= 15 is 0 Å². The van der Waals surface area contributed by atoms with Gasteiger partial charge in [-0.15, -0.1) is 0 Å². The topological polar surface area (TPSA) is 65.6 Å². The molecule has 1 atom stereocenters. The van der Waals surface area contributed by atoms with Gasteiger partial charge in [-0.05, 0) is 43.2 Å². The highest BCUT2D eigenvalue weighted by molar-refractivity contribution is 6.07. The van der Waals surface area contributed by atoms with Crippen LogP contribution >= 0.6 is 0 Å². The highest BCUT2D eigenvalue weighted by atomic mass is 19.1. The van der Waals surface area contributed by atoms with Crippen molar-refractivity contribution in [2.24, 2.45) is 0 Å². The zero-order valence-corrected chi connectivity index (χ0v) is 16.6. The molecule has 0 radical (unpaired) electrons. The first-order valence-corrected chi connectivity index (χ1v) is 10.0. The number of carbonyl (C=O) groups is 2. The molecule has 2 aromatic carbocycles. The number of likely N-dealkylation sites (tertiary alicyclic amines) is 1. The van der Waals surface area contributed by atoms with Gasteiger partial charge in [0.25, 0.3) is 11.8 Å². The normalized spacial score (nSPS) is 20.6. The maximum atomic E-state index is 13.8. The Morgan fingerprint density at radius 3 is 2.60 bits per heavy atom. The third-order valence-corrected chi connectivity index (χ3v) is 6.36. The molecule has 6 nitrogen and oxygen atoms in total. The van der Waals surface area contributed by atoms with Crippen LogP contribution in [0.4, 0.5) is 10.1 Å². The van der Waals surface area contributed by atoms with E-state index in [0.29, 0.717) is 37.3 Å². The second kappa shape index (κ2) is 6.95. The predicted molar refractivity (Wildman–Crippen MR) is 111 cm³/mol. The van der Waals surface area contributed by atoms with Crippen molar-refractivity contribution < 1.29 is 18.7 Å². The van der Waals surface area contributed by atoms with Gasteiger partial charge in [0.2, 0.25) is 0 Å². The number of nitrogens with zero attached hydrogens (tertiary/aromatic N) is 2. The van der Waals surface area contributed by atoms with Crippen LogP contribution in [0.2, 0.25) is 0 Å². The molecule has 30 heavy (non-hydrogen) atoms. The second-order valence-corrected chi connectivity index (χ2v) is 7.94. The lowest BCUT2D eigenvalue weighted by molar-refractivity contribution is -0.150. The van der Waals surface area contributed by atoms with Crippen LogP contribution in [-0.2, 0) is 9.53 Å². The molecule has 2 saturated heterocycles. The fourth-order valence-electron chi connectivity index (χ4n) is 4.88. The molecule has 0 bridgehead atoms. The van der Waals surface area contributed by atoms with Crippen LogP contribution in [0.1, 0.15) is 23.3 Å². The summed E-state index contributed by atoms with van der Waals surface area (Å²) in [4.78, 5) is 32.4. The molecule has 1 unspecified atom stereocenters. The summed E-state index contributed by atoms with van der Waals surface area (Å²) in [5, 5.41) is 0.996. The lowest BCUT2D eigenvalue weighted by atomic mass is 9.72. The van der Waals surface area contributed by atoms with E-state index in [1.807, 2.05) is 30.3 Å². The van der Waals surface area contributed by atoms with Crippen molar-refractivity contribution in [1.82, 2.24) is 9.88 Å². The Labute approximate surface area is 173 Å². The molecule has 154 valence electrons. The Bertz CT molecular complexity index is 1100. The van der Waals surface area contributed by atoms with Crippen molar-refractivity contribution in [3.8, 4) is 0 Å². The Morgan fingerprint density at radius 2 is 1.90 bits per heavy atom. The number of nitrogens with one attached hydrogen (secondary N) is 1. The van der Waals surface area contributed by atoms with Crippen LogP contribution < -0.4 is 4.90 Å².